The zero-order valence-electron chi connectivity index (χ0n) is 18.1. The van der Waals surface area contributed by atoms with Gasteiger partial charge in [0.25, 0.3) is 0 Å². The second-order valence-electron chi connectivity index (χ2n) is 10.5. The van der Waals surface area contributed by atoms with Crippen molar-refractivity contribution >= 4 is 17.7 Å². The van der Waals surface area contributed by atoms with E-state index < -0.39 is 29.6 Å². The van der Waals surface area contributed by atoms with E-state index in [1.54, 1.807) is 0 Å². The minimum Gasteiger partial charge on any atom is -0.359 e. The van der Waals surface area contributed by atoms with E-state index in [4.69, 9.17) is 4.74 Å². The lowest BCUT2D eigenvalue weighted by Gasteiger charge is -2.36. The molecule has 5 atom stereocenters. The number of carbonyl (C=O) groups excluding carboxylic acids is 3. The SMILES string of the molecule is O=C(NC1CC1)[C@H]1[C@H]2C(=O)N(C3CCCC3)[C@H](C(=O)NC3CCCCC3)[C@@]23C=C[C@H]1O3. The number of carbonyl (C=O) groups is 3. The molecule has 168 valence electrons. The van der Waals surface area contributed by atoms with E-state index in [1.165, 1.54) is 6.42 Å². The third kappa shape index (κ3) is 3.06. The lowest BCUT2D eigenvalue weighted by Crippen LogP contribution is -2.58. The summed E-state index contributed by atoms with van der Waals surface area (Å²) in [5.41, 5.74) is -1.01. The molecule has 3 aliphatic heterocycles. The van der Waals surface area contributed by atoms with Crippen molar-refractivity contribution in [1.82, 2.24) is 15.5 Å². The first-order valence-corrected chi connectivity index (χ1v) is 12.4. The summed E-state index contributed by atoms with van der Waals surface area (Å²) >= 11 is 0. The van der Waals surface area contributed by atoms with Crippen LogP contribution in [0.1, 0.15) is 70.6 Å². The zero-order chi connectivity index (χ0) is 21.2. The summed E-state index contributed by atoms with van der Waals surface area (Å²) in [6.07, 6.45) is 14.9. The van der Waals surface area contributed by atoms with Crippen LogP contribution in [0.2, 0.25) is 0 Å². The molecule has 2 N–H and O–H groups in total. The van der Waals surface area contributed by atoms with Crippen molar-refractivity contribution in [2.75, 3.05) is 0 Å². The maximum atomic E-state index is 13.8. The van der Waals surface area contributed by atoms with Crippen LogP contribution >= 0.6 is 0 Å². The number of nitrogens with zero attached hydrogens (tertiary/aromatic N) is 1. The van der Waals surface area contributed by atoms with Gasteiger partial charge in [-0.15, -0.1) is 0 Å². The molecule has 3 amide bonds. The molecule has 7 nitrogen and oxygen atoms in total. The van der Waals surface area contributed by atoms with Gasteiger partial charge in [0, 0.05) is 18.1 Å². The van der Waals surface area contributed by atoms with Crippen molar-refractivity contribution in [1.29, 1.82) is 0 Å². The van der Waals surface area contributed by atoms with E-state index in [-0.39, 0.29) is 35.8 Å². The maximum Gasteiger partial charge on any atom is 0.246 e. The van der Waals surface area contributed by atoms with Crippen LogP contribution < -0.4 is 10.6 Å². The number of hydrogen-bond donors (Lipinski definition) is 2. The van der Waals surface area contributed by atoms with E-state index in [0.29, 0.717) is 0 Å². The van der Waals surface area contributed by atoms with Crippen LogP contribution in [0.4, 0.5) is 0 Å². The third-order valence-corrected chi connectivity index (χ3v) is 8.46. The summed E-state index contributed by atoms with van der Waals surface area (Å²) < 4.78 is 6.41. The van der Waals surface area contributed by atoms with Crippen LogP contribution in [0.25, 0.3) is 0 Å². The molecule has 31 heavy (non-hydrogen) atoms. The van der Waals surface area contributed by atoms with Gasteiger partial charge in [0.05, 0.1) is 17.9 Å². The monoisotopic (exact) mass is 427 g/mol. The molecule has 0 aromatic rings. The van der Waals surface area contributed by atoms with E-state index in [2.05, 4.69) is 10.6 Å². The fourth-order valence-electron chi connectivity index (χ4n) is 6.83. The minimum absolute atomic E-state index is 0.0570. The lowest BCUT2D eigenvalue weighted by atomic mass is 9.74. The molecule has 5 fully saturated rings. The zero-order valence-corrected chi connectivity index (χ0v) is 18.1. The van der Waals surface area contributed by atoms with Crippen molar-refractivity contribution in [3.63, 3.8) is 0 Å². The average molecular weight is 428 g/mol. The van der Waals surface area contributed by atoms with Crippen molar-refractivity contribution in [3.05, 3.63) is 12.2 Å². The third-order valence-electron chi connectivity index (χ3n) is 8.46. The molecule has 3 saturated carbocycles. The van der Waals surface area contributed by atoms with E-state index in [1.807, 2.05) is 17.1 Å². The highest BCUT2D eigenvalue weighted by Gasteiger charge is 2.73. The molecule has 1 spiro atoms. The Bertz CT molecular complexity index is 812. The second-order valence-corrected chi connectivity index (χ2v) is 10.5. The molecule has 0 aromatic carbocycles. The first-order valence-electron chi connectivity index (χ1n) is 12.4. The van der Waals surface area contributed by atoms with Gasteiger partial charge >= 0.3 is 0 Å². The standard InChI is InChI=1S/C24H33N3O4/c28-21(25-15-10-11-15)18-17-12-13-24(31-17)19(18)23(30)27(16-8-4-5-9-16)20(24)22(29)26-14-6-2-1-3-7-14/h12-20H,1-11H2,(H,25,28)(H,26,29)/t17-,18-,19+,20-,24-/m1/s1. The smallest absolute Gasteiger partial charge is 0.246 e. The molecular formula is C24H33N3O4. The average Bonchev–Trinajstić information content (AvgIpc) is 3.14. The first kappa shape index (κ1) is 19.8. The molecule has 6 aliphatic rings. The Morgan fingerprint density at radius 2 is 1.55 bits per heavy atom. The normalized spacial score (nSPS) is 39.9. The second kappa shape index (κ2) is 7.32. The molecule has 2 bridgehead atoms. The largest absolute Gasteiger partial charge is 0.359 e. The Labute approximate surface area is 183 Å². The maximum absolute atomic E-state index is 13.8. The van der Waals surface area contributed by atoms with Crippen LogP contribution in [0.5, 0.6) is 0 Å². The first-order chi connectivity index (χ1) is 15.1. The molecule has 3 heterocycles. The van der Waals surface area contributed by atoms with Gasteiger partial charge in [-0.05, 0) is 38.5 Å². The van der Waals surface area contributed by atoms with Crippen LogP contribution in [0, 0.1) is 11.8 Å². The lowest BCUT2D eigenvalue weighted by molar-refractivity contribution is -0.144. The molecule has 0 unspecified atom stereocenters. The number of amides is 3. The number of hydrogen-bond acceptors (Lipinski definition) is 4. The summed E-state index contributed by atoms with van der Waals surface area (Å²) in [4.78, 5) is 42.5. The predicted molar refractivity (Wildman–Crippen MR) is 113 cm³/mol. The Kier molecular flexibility index (Phi) is 4.67. The van der Waals surface area contributed by atoms with Gasteiger partial charge in [-0.1, -0.05) is 44.3 Å². The fourth-order valence-corrected chi connectivity index (χ4v) is 6.83. The highest BCUT2D eigenvalue weighted by atomic mass is 16.5. The molecule has 3 aliphatic carbocycles. The summed E-state index contributed by atoms with van der Waals surface area (Å²) in [6, 6.07) is -0.194. The Hall–Kier alpha value is -1.89. The van der Waals surface area contributed by atoms with Crippen LogP contribution in [0.3, 0.4) is 0 Å². The topological polar surface area (TPSA) is 87.7 Å². The number of rotatable bonds is 5. The minimum atomic E-state index is -1.01. The number of fused-ring (bicyclic) bond motifs is 1. The van der Waals surface area contributed by atoms with Gasteiger partial charge in [0.1, 0.15) is 11.6 Å². The molecular weight excluding hydrogens is 394 g/mol. The van der Waals surface area contributed by atoms with Gasteiger partial charge < -0.3 is 20.3 Å². The highest BCUT2D eigenvalue weighted by molar-refractivity contribution is 6.00. The summed E-state index contributed by atoms with van der Waals surface area (Å²) in [6.45, 7) is 0. The van der Waals surface area contributed by atoms with Gasteiger partial charge in [-0.3, -0.25) is 14.4 Å². The van der Waals surface area contributed by atoms with Gasteiger partial charge in [0.15, 0.2) is 0 Å². The van der Waals surface area contributed by atoms with E-state index >= 15 is 0 Å². The molecule has 7 heteroatoms. The number of likely N-dealkylation sites (tertiary alicyclic amines) is 1. The van der Waals surface area contributed by atoms with Crippen molar-refractivity contribution in [2.24, 2.45) is 11.8 Å². The highest BCUT2D eigenvalue weighted by Crippen LogP contribution is 2.56. The van der Waals surface area contributed by atoms with Crippen LogP contribution in [0.15, 0.2) is 12.2 Å². The van der Waals surface area contributed by atoms with Crippen molar-refractivity contribution in [3.8, 4) is 0 Å². The van der Waals surface area contributed by atoms with Gasteiger partial charge in [-0.25, -0.2) is 0 Å². The molecule has 6 rings (SSSR count). The van der Waals surface area contributed by atoms with Crippen LogP contribution in [-0.2, 0) is 19.1 Å². The quantitative estimate of drug-likeness (QED) is 0.655. The Morgan fingerprint density at radius 1 is 0.903 bits per heavy atom. The summed E-state index contributed by atoms with van der Waals surface area (Å²) in [5.74, 6) is -1.36. The van der Waals surface area contributed by atoms with E-state index in [9.17, 15) is 14.4 Å². The summed E-state index contributed by atoms with van der Waals surface area (Å²) in [7, 11) is 0. The molecule has 0 aromatic heterocycles. The van der Waals surface area contributed by atoms with E-state index in [0.717, 1.165) is 64.2 Å². The fraction of sp³-hybridized carbons (Fsp3) is 0.792. The number of nitrogens with one attached hydrogen (secondary N) is 2. The molecule has 0 radical (unpaired) electrons. The Balaban J connectivity index is 1.33. The Morgan fingerprint density at radius 3 is 2.26 bits per heavy atom. The van der Waals surface area contributed by atoms with Crippen molar-refractivity contribution < 1.29 is 19.1 Å². The van der Waals surface area contributed by atoms with Crippen LogP contribution in [-0.4, -0.2) is 58.5 Å². The summed E-state index contributed by atoms with van der Waals surface area (Å²) in [5, 5.41) is 6.34. The predicted octanol–water partition coefficient (Wildman–Crippen LogP) is 1.81. The number of ether oxygens (including phenoxy) is 1. The van der Waals surface area contributed by atoms with Gasteiger partial charge in [0.2, 0.25) is 17.7 Å². The molecule has 2 saturated heterocycles. The van der Waals surface area contributed by atoms with Gasteiger partial charge in [-0.2, -0.15) is 0 Å². The van der Waals surface area contributed by atoms with Crippen molar-refractivity contribution in [2.45, 2.75) is 107 Å².